The lowest BCUT2D eigenvalue weighted by molar-refractivity contribution is -0.119. The number of hydrogen-bond donors (Lipinski definition) is 3. The fourth-order valence-electron chi connectivity index (χ4n) is 3.78. The van der Waals surface area contributed by atoms with E-state index < -0.39 is 24.2 Å². The van der Waals surface area contributed by atoms with E-state index in [1.807, 2.05) is 25.3 Å². The zero-order valence-electron chi connectivity index (χ0n) is 19.0. The van der Waals surface area contributed by atoms with E-state index in [2.05, 4.69) is 38.6 Å². The number of aromatic nitrogens is 3. The van der Waals surface area contributed by atoms with Crippen molar-refractivity contribution in [1.29, 1.82) is 0 Å². The number of halogens is 2. The summed E-state index contributed by atoms with van der Waals surface area (Å²) < 4.78 is 32.4. The number of fused-ring (bicyclic) bond motifs is 1. The van der Waals surface area contributed by atoms with Gasteiger partial charge in [-0.3, -0.25) is 4.79 Å². The third-order valence-corrected chi connectivity index (χ3v) is 6.36. The first-order chi connectivity index (χ1) is 15.7. The van der Waals surface area contributed by atoms with Gasteiger partial charge in [0, 0.05) is 24.0 Å². The molecule has 2 atom stereocenters. The number of nitrogens with one attached hydrogen (secondary N) is 3. The Kier molecular flexibility index (Phi) is 6.58. The third kappa shape index (κ3) is 4.96. The van der Waals surface area contributed by atoms with Gasteiger partial charge in [-0.1, -0.05) is 13.0 Å². The highest BCUT2D eigenvalue weighted by Gasteiger charge is 2.61. The molecule has 0 saturated heterocycles. The summed E-state index contributed by atoms with van der Waals surface area (Å²) in [5, 5.41) is 5.91. The Balaban J connectivity index is 1.65. The van der Waals surface area contributed by atoms with E-state index in [9.17, 15) is 13.6 Å². The molecule has 1 saturated carbocycles. The predicted octanol–water partition coefficient (Wildman–Crippen LogP) is 5.81. The van der Waals surface area contributed by atoms with Crippen molar-refractivity contribution in [2.24, 2.45) is 5.92 Å². The molecule has 7 nitrogen and oxygen atoms in total. The summed E-state index contributed by atoms with van der Waals surface area (Å²) in [6.45, 7) is 6.51. The average Bonchev–Trinajstić information content (AvgIpc) is 3.25. The Hall–Kier alpha value is -2.72. The molecule has 1 aliphatic carbocycles. The summed E-state index contributed by atoms with van der Waals surface area (Å²) >= 11 is 1.60. The van der Waals surface area contributed by atoms with E-state index in [0.29, 0.717) is 29.3 Å². The van der Waals surface area contributed by atoms with Crippen molar-refractivity contribution in [2.75, 3.05) is 23.5 Å². The number of hydrogen-bond acceptors (Lipinski definition) is 6. The van der Waals surface area contributed by atoms with Gasteiger partial charge in [0.1, 0.15) is 23.1 Å². The molecule has 1 amide bonds. The number of anilines is 3. The molecule has 1 aliphatic rings. The summed E-state index contributed by atoms with van der Waals surface area (Å²) in [4.78, 5) is 25.1. The van der Waals surface area contributed by atoms with Gasteiger partial charge in [0.2, 0.25) is 5.91 Å². The van der Waals surface area contributed by atoms with E-state index in [1.165, 1.54) is 0 Å². The van der Waals surface area contributed by atoms with Gasteiger partial charge in [0.05, 0.1) is 17.5 Å². The Labute approximate surface area is 195 Å². The molecule has 2 aromatic heterocycles. The van der Waals surface area contributed by atoms with Crippen molar-refractivity contribution >= 4 is 46.0 Å². The summed E-state index contributed by atoms with van der Waals surface area (Å²) in [7, 11) is 0. The van der Waals surface area contributed by atoms with Crippen LogP contribution in [0.5, 0.6) is 0 Å². The number of carbonyl (C=O) groups is 1. The predicted molar refractivity (Wildman–Crippen MR) is 126 cm³/mol. The molecule has 1 aromatic carbocycles. The number of imidazole rings is 1. The molecule has 33 heavy (non-hydrogen) atoms. The Morgan fingerprint density at radius 1 is 1.30 bits per heavy atom. The molecular weight excluding hydrogens is 448 g/mol. The smallest absolute Gasteiger partial charge is 0.260 e. The van der Waals surface area contributed by atoms with Crippen molar-refractivity contribution < 1.29 is 18.3 Å². The van der Waals surface area contributed by atoms with Gasteiger partial charge in [-0.2, -0.15) is 0 Å². The van der Waals surface area contributed by atoms with Crippen molar-refractivity contribution in [3.8, 4) is 0 Å². The number of alkyl halides is 2. The molecule has 0 radical (unpaired) electrons. The lowest BCUT2D eigenvalue weighted by atomic mass is 10.1. The first-order valence-corrected chi connectivity index (χ1v) is 12.1. The fourth-order valence-corrected chi connectivity index (χ4v) is 4.38. The standard InChI is InChI=1S/C23H27F2N5O2S/c1-5-17(32-6-2)13-7-8-15(18(9-13)33-4)28-16-10-19(29-21-20(16)26-12(3)27-21)30-22(31)14-11-23(14,24)25/h7-10,14,17H,5-6,11H2,1-4H3,(H3,26,27,28,29,30,31). The topological polar surface area (TPSA) is 91.9 Å². The van der Waals surface area contributed by atoms with E-state index in [-0.39, 0.29) is 11.9 Å². The molecule has 0 aliphatic heterocycles. The maximum absolute atomic E-state index is 13.3. The van der Waals surface area contributed by atoms with Crippen LogP contribution in [0, 0.1) is 12.8 Å². The molecule has 2 heterocycles. The number of nitrogens with zero attached hydrogens (tertiary/aromatic N) is 2. The minimum atomic E-state index is -2.94. The van der Waals surface area contributed by atoms with Gasteiger partial charge in [-0.25, -0.2) is 18.7 Å². The maximum Gasteiger partial charge on any atom is 0.260 e. The summed E-state index contributed by atoms with van der Waals surface area (Å²) in [6.07, 6.45) is 2.46. The van der Waals surface area contributed by atoms with E-state index in [1.54, 1.807) is 24.8 Å². The largest absolute Gasteiger partial charge is 0.374 e. The number of H-pyrrole nitrogens is 1. The van der Waals surface area contributed by atoms with Crippen LogP contribution in [-0.2, 0) is 9.53 Å². The lowest BCUT2D eigenvalue weighted by Gasteiger charge is -2.18. The van der Waals surface area contributed by atoms with Gasteiger partial charge in [0.25, 0.3) is 5.92 Å². The number of aryl methyl sites for hydroxylation is 1. The minimum Gasteiger partial charge on any atom is -0.374 e. The number of carbonyl (C=O) groups excluding carboxylic acids is 1. The van der Waals surface area contributed by atoms with Crippen LogP contribution >= 0.6 is 11.8 Å². The van der Waals surface area contributed by atoms with E-state index in [0.717, 1.165) is 22.6 Å². The van der Waals surface area contributed by atoms with E-state index in [4.69, 9.17) is 4.74 Å². The Morgan fingerprint density at radius 3 is 2.70 bits per heavy atom. The third-order valence-electron chi connectivity index (χ3n) is 5.58. The fraction of sp³-hybridized carbons (Fsp3) is 0.435. The molecule has 3 aromatic rings. The van der Waals surface area contributed by atoms with Gasteiger partial charge in [-0.15, -0.1) is 11.8 Å². The van der Waals surface area contributed by atoms with Gasteiger partial charge < -0.3 is 20.4 Å². The Bertz CT molecular complexity index is 1180. The highest BCUT2D eigenvalue weighted by Crippen LogP contribution is 2.49. The molecule has 0 spiro atoms. The summed E-state index contributed by atoms with van der Waals surface area (Å²) in [6, 6.07) is 7.75. The van der Waals surface area contributed by atoms with Crippen molar-refractivity contribution in [2.45, 2.75) is 50.5 Å². The van der Waals surface area contributed by atoms with E-state index >= 15 is 0 Å². The zero-order chi connectivity index (χ0) is 23.8. The second kappa shape index (κ2) is 9.26. The van der Waals surface area contributed by atoms with Crippen LogP contribution in [0.3, 0.4) is 0 Å². The minimum absolute atomic E-state index is 0.0280. The second-order valence-electron chi connectivity index (χ2n) is 8.02. The first-order valence-electron chi connectivity index (χ1n) is 10.9. The lowest BCUT2D eigenvalue weighted by Crippen LogP contribution is -2.18. The second-order valence-corrected chi connectivity index (χ2v) is 8.87. The van der Waals surface area contributed by atoms with Gasteiger partial charge in [0.15, 0.2) is 5.65 Å². The molecule has 10 heteroatoms. The Morgan fingerprint density at radius 2 is 2.06 bits per heavy atom. The zero-order valence-corrected chi connectivity index (χ0v) is 19.8. The highest BCUT2D eigenvalue weighted by molar-refractivity contribution is 7.98. The van der Waals surface area contributed by atoms with Crippen molar-refractivity contribution in [3.63, 3.8) is 0 Å². The number of ether oxygens (including phenoxy) is 1. The quantitative estimate of drug-likeness (QED) is 0.338. The molecule has 2 unspecified atom stereocenters. The number of aromatic amines is 1. The number of rotatable bonds is 9. The summed E-state index contributed by atoms with van der Waals surface area (Å²) in [5.41, 5.74) is 3.66. The highest BCUT2D eigenvalue weighted by atomic mass is 32.2. The van der Waals surface area contributed by atoms with Crippen LogP contribution in [0.2, 0.25) is 0 Å². The van der Waals surface area contributed by atoms with Crippen LogP contribution in [0.1, 0.15) is 44.2 Å². The molecule has 4 rings (SSSR count). The summed E-state index contributed by atoms with van der Waals surface area (Å²) in [5.74, 6) is -4.15. The normalized spacial score (nSPS) is 17.7. The number of benzene rings is 1. The monoisotopic (exact) mass is 475 g/mol. The molecular formula is C23H27F2N5O2S. The van der Waals surface area contributed by atoms with Crippen LogP contribution in [0.25, 0.3) is 11.2 Å². The number of thioether (sulfide) groups is 1. The van der Waals surface area contributed by atoms with Crippen molar-refractivity contribution in [1.82, 2.24) is 15.0 Å². The molecule has 3 N–H and O–H groups in total. The maximum atomic E-state index is 13.3. The molecule has 1 fully saturated rings. The van der Waals surface area contributed by atoms with Gasteiger partial charge >= 0.3 is 0 Å². The average molecular weight is 476 g/mol. The van der Waals surface area contributed by atoms with Crippen LogP contribution < -0.4 is 10.6 Å². The SMILES string of the molecule is CCOC(CC)c1ccc(Nc2cc(NC(=O)C3CC3(F)F)nc3nc(C)[nH]c23)c(SC)c1. The number of pyridine rings is 1. The number of amides is 1. The molecule has 0 bridgehead atoms. The van der Waals surface area contributed by atoms with Crippen LogP contribution in [0.4, 0.5) is 26.0 Å². The van der Waals surface area contributed by atoms with Crippen LogP contribution in [-0.4, -0.2) is 39.6 Å². The van der Waals surface area contributed by atoms with Crippen LogP contribution in [0.15, 0.2) is 29.2 Å². The molecule has 176 valence electrons. The van der Waals surface area contributed by atoms with Crippen molar-refractivity contribution in [3.05, 3.63) is 35.7 Å². The first kappa shape index (κ1) is 23.4. The van der Waals surface area contributed by atoms with Gasteiger partial charge in [-0.05, 0) is 44.2 Å².